The van der Waals surface area contributed by atoms with Gasteiger partial charge in [0.2, 0.25) is 5.91 Å². The number of aliphatic hydroxyl groups excluding tert-OH is 1. The highest BCUT2D eigenvalue weighted by Gasteiger charge is 2.17. The van der Waals surface area contributed by atoms with E-state index in [2.05, 4.69) is 15.8 Å². The van der Waals surface area contributed by atoms with Crippen molar-refractivity contribution in [3.8, 4) is 0 Å². The molecule has 0 saturated carbocycles. The molecule has 0 aliphatic carbocycles. The van der Waals surface area contributed by atoms with Crippen LogP contribution in [0.2, 0.25) is 0 Å². The van der Waals surface area contributed by atoms with Crippen molar-refractivity contribution < 1.29 is 14.7 Å². The van der Waals surface area contributed by atoms with Crippen molar-refractivity contribution >= 4 is 17.5 Å². The average Bonchev–Trinajstić information content (AvgIpc) is 2.34. The van der Waals surface area contributed by atoms with Gasteiger partial charge >= 0.3 is 0 Å². The molecule has 1 unspecified atom stereocenters. The van der Waals surface area contributed by atoms with Gasteiger partial charge in [0.25, 0.3) is 5.91 Å². The molecule has 0 saturated heterocycles. The van der Waals surface area contributed by atoms with Gasteiger partial charge in [-0.3, -0.25) is 9.59 Å². The molecule has 1 aliphatic heterocycles. The minimum Gasteiger partial charge on any atom is -0.396 e. The van der Waals surface area contributed by atoms with Crippen LogP contribution in [-0.4, -0.2) is 35.8 Å². The van der Waals surface area contributed by atoms with Crippen LogP contribution in [0.3, 0.4) is 0 Å². The van der Waals surface area contributed by atoms with Gasteiger partial charge < -0.3 is 10.4 Å². The van der Waals surface area contributed by atoms with Crippen LogP contribution in [-0.2, 0) is 9.59 Å². The molecule has 1 heterocycles. The van der Waals surface area contributed by atoms with E-state index in [9.17, 15) is 9.59 Å². The number of hydrazone groups is 1. The quantitative estimate of drug-likeness (QED) is 0.561. The molecule has 3 N–H and O–H groups in total. The van der Waals surface area contributed by atoms with Gasteiger partial charge in [0.15, 0.2) is 0 Å². The highest BCUT2D eigenvalue weighted by atomic mass is 16.3. The zero-order valence-electron chi connectivity index (χ0n) is 10.0. The molecule has 1 aliphatic rings. The van der Waals surface area contributed by atoms with Crippen LogP contribution in [0.5, 0.6) is 0 Å². The number of amides is 2. The maximum Gasteiger partial charge on any atom is 0.267 e. The van der Waals surface area contributed by atoms with Gasteiger partial charge in [-0.05, 0) is 18.8 Å². The number of carbonyl (C=O) groups is 2. The Kier molecular flexibility index (Phi) is 5.62. The summed E-state index contributed by atoms with van der Waals surface area (Å²) in [7, 11) is 0. The van der Waals surface area contributed by atoms with Crippen LogP contribution >= 0.6 is 0 Å². The van der Waals surface area contributed by atoms with Crippen LogP contribution in [0.15, 0.2) is 5.10 Å². The zero-order chi connectivity index (χ0) is 12.7. The van der Waals surface area contributed by atoms with Gasteiger partial charge in [-0.15, -0.1) is 0 Å². The molecule has 0 fully saturated rings. The lowest BCUT2D eigenvalue weighted by Crippen LogP contribution is -2.37. The van der Waals surface area contributed by atoms with Crippen LogP contribution in [0.4, 0.5) is 0 Å². The van der Waals surface area contributed by atoms with Crippen molar-refractivity contribution in [1.82, 2.24) is 10.7 Å². The van der Waals surface area contributed by atoms with Crippen molar-refractivity contribution in [1.29, 1.82) is 0 Å². The van der Waals surface area contributed by atoms with Crippen LogP contribution in [0, 0.1) is 5.92 Å². The Morgan fingerprint density at radius 3 is 2.94 bits per heavy atom. The molecule has 6 heteroatoms. The lowest BCUT2D eigenvalue weighted by atomic mass is 10.1. The molecule has 6 nitrogen and oxygen atoms in total. The third kappa shape index (κ3) is 4.95. The molecule has 0 aromatic heterocycles. The summed E-state index contributed by atoms with van der Waals surface area (Å²) >= 11 is 0. The molecule has 0 aromatic rings. The Bertz CT molecular complexity index is 315. The Hall–Kier alpha value is -1.43. The van der Waals surface area contributed by atoms with E-state index in [1.165, 1.54) is 0 Å². The van der Waals surface area contributed by atoms with E-state index in [0.29, 0.717) is 25.1 Å². The molecular formula is C11H19N3O3. The molecule has 1 rings (SSSR count). The monoisotopic (exact) mass is 241 g/mol. The van der Waals surface area contributed by atoms with Gasteiger partial charge in [0.1, 0.15) is 5.71 Å². The Labute approximate surface area is 100 Å². The average molecular weight is 241 g/mol. The summed E-state index contributed by atoms with van der Waals surface area (Å²) in [6, 6.07) is 0. The van der Waals surface area contributed by atoms with Crippen LogP contribution in [0.25, 0.3) is 0 Å². The molecule has 17 heavy (non-hydrogen) atoms. The smallest absolute Gasteiger partial charge is 0.267 e. The summed E-state index contributed by atoms with van der Waals surface area (Å²) in [4.78, 5) is 22.4. The maximum atomic E-state index is 11.6. The normalized spacial score (nSPS) is 17.1. The van der Waals surface area contributed by atoms with E-state index >= 15 is 0 Å². The molecule has 0 aromatic carbocycles. The van der Waals surface area contributed by atoms with Crippen molar-refractivity contribution in [2.75, 3.05) is 13.2 Å². The summed E-state index contributed by atoms with van der Waals surface area (Å²) < 4.78 is 0. The van der Waals surface area contributed by atoms with E-state index in [-0.39, 0.29) is 24.3 Å². The van der Waals surface area contributed by atoms with Gasteiger partial charge in [-0.1, -0.05) is 6.92 Å². The molecule has 0 radical (unpaired) electrons. The lowest BCUT2D eigenvalue weighted by Gasteiger charge is -2.12. The lowest BCUT2D eigenvalue weighted by molar-refractivity contribution is -0.121. The number of nitrogens with zero attached hydrogens (tertiary/aromatic N) is 1. The Morgan fingerprint density at radius 1 is 1.59 bits per heavy atom. The highest BCUT2D eigenvalue weighted by molar-refractivity contribution is 6.39. The van der Waals surface area contributed by atoms with Gasteiger partial charge in [-0.25, -0.2) is 5.43 Å². The first kappa shape index (κ1) is 13.6. The van der Waals surface area contributed by atoms with E-state index in [1.54, 1.807) is 0 Å². The summed E-state index contributed by atoms with van der Waals surface area (Å²) in [5.74, 6) is -0.113. The zero-order valence-corrected chi connectivity index (χ0v) is 10.0. The SMILES string of the molecule is CC(CO)CCCNC(=O)C1=NNC(=O)CC1. The molecule has 0 spiro atoms. The fraction of sp³-hybridized carbons (Fsp3) is 0.727. The van der Waals surface area contributed by atoms with E-state index in [1.807, 2.05) is 6.92 Å². The van der Waals surface area contributed by atoms with E-state index in [0.717, 1.165) is 12.8 Å². The van der Waals surface area contributed by atoms with Gasteiger partial charge in [0.05, 0.1) is 0 Å². The second kappa shape index (κ2) is 7.01. The molecule has 96 valence electrons. The molecule has 1 atom stereocenters. The van der Waals surface area contributed by atoms with Crippen LogP contribution < -0.4 is 10.7 Å². The first-order valence-corrected chi connectivity index (χ1v) is 5.88. The highest BCUT2D eigenvalue weighted by Crippen LogP contribution is 2.03. The number of rotatable bonds is 6. The summed E-state index contributed by atoms with van der Waals surface area (Å²) in [6.07, 6.45) is 2.41. The fourth-order valence-corrected chi connectivity index (χ4v) is 1.48. The molecular weight excluding hydrogens is 222 g/mol. The maximum absolute atomic E-state index is 11.6. The largest absolute Gasteiger partial charge is 0.396 e. The summed E-state index contributed by atoms with van der Waals surface area (Å²) in [5, 5.41) is 15.3. The Morgan fingerprint density at radius 2 is 2.35 bits per heavy atom. The minimum absolute atomic E-state index is 0.154. The molecule has 0 bridgehead atoms. The second-order valence-electron chi connectivity index (χ2n) is 4.28. The standard InChI is InChI=1S/C11H19N3O3/c1-8(7-15)3-2-6-12-11(17)9-4-5-10(16)14-13-9/h8,15H,2-7H2,1H3,(H,12,17)(H,14,16). The molecule has 2 amide bonds. The van der Waals surface area contributed by atoms with Crippen LogP contribution in [0.1, 0.15) is 32.6 Å². The second-order valence-corrected chi connectivity index (χ2v) is 4.28. The van der Waals surface area contributed by atoms with Crippen molar-refractivity contribution in [3.05, 3.63) is 0 Å². The van der Waals surface area contributed by atoms with Gasteiger partial charge in [0, 0.05) is 26.0 Å². The predicted octanol–water partition coefficient (Wildman–Crippen LogP) is -0.223. The van der Waals surface area contributed by atoms with Crippen molar-refractivity contribution in [2.45, 2.75) is 32.6 Å². The minimum atomic E-state index is -0.221. The topological polar surface area (TPSA) is 90.8 Å². The predicted molar refractivity (Wildman–Crippen MR) is 63.3 cm³/mol. The summed E-state index contributed by atoms with van der Waals surface area (Å²) in [5.41, 5.74) is 2.66. The third-order valence-corrected chi connectivity index (χ3v) is 2.64. The number of hydrogen-bond acceptors (Lipinski definition) is 4. The van der Waals surface area contributed by atoms with E-state index < -0.39 is 0 Å². The van der Waals surface area contributed by atoms with Crippen molar-refractivity contribution in [3.63, 3.8) is 0 Å². The number of carbonyl (C=O) groups excluding carboxylic acids is 2. The van der Waals surface area contributed by atoms with Gasteiger partial charge in [-0.2, -0.15) is 5.10 Å². The summed E-state index contributed by atoms with van der Waals surface area (Å²) in [6.45, 7) is 2.70. The first-order chi connectivity index (χ1) is 8.13. The Balaban J connectivity index is 2.19. The van der Waals surface area contributed by atoms with Crippen molar-refractivity contribution in [2.24, 2.45) is 11.0 Å². The first-order valence-electron chi connectivity index (χ1n) is 5.88. The number of hydrogen-bond donors (Lipinski definition) is 3. The third-order valence-electron chi connectivity index (χ3n) is 2.64. The fourth-order valence-electron chi connectivity index (χ4n) is 1.48. The van der Waals surface area contributed by atoms with E-state index in [4.69, 9.17) is 5.11 Å². The number of aliphatic hydroxyl groups is 1. The number of nitrogens with one attached hydrogen (secondary N) is 2.